The minimum atomic E-state index is -0.311. The summed E-state index contributed by atoms with van der Waals surface area (Å²) in [4.78, 5) is 3.82. The molecule has 2 aromatic rings. The summed E-state index contributed by atoms with van der Waals surface area (Å²) in [6, 6.07) is 1.54. The zero-order chi connectivity index (χ0) is 11.4. The van der Waals surface area contributed by atoms with Crippen LogP contribution in [-0.2, 0) is 6.54 Å². The van der Waals surface area contributed by atoms with Crippen LogP contribution < -0.4 is 5.32 Å². The molecule has 0 saturated heterocycles. The van der Waals surface area contributed by atoms with E-state index in [2.05, 4.69) is 20.5 Å². The fourth-order valence-electron chi connectivity index (χ4n) is 1.43. The van der Waals surface area contributed by atoms with Crippen molar-refractivity contribution >= 4 is 0 Å². The molecule has 0 amide bonds. The van der Waals surface area contributed by atoms with E-state index >= 15 is 0 Å². The van der Waals surface area contributed by atoms with Crippen LogP contribution in [0.1, 0.15) is 24.1 Å². The molecule has 2 N–H and O–H groups in total. The van der Waals surface area contributed by atoms with Gasteiger partial charge < -0.3 is 5.32 Å². The summed E-state index contributed by atoms with van der Waals surface area (Å²) in [5.74, 6) is -0.311. The van der Waals surface area contributed by atoms with Gasteiger partial charge in [0, 0.05) is 30.5 Å². The van der Waals surface area contributed by atoms with E-state index < -0.39 is 0 Å². The Morgan fingerprint density at radius 2 is 2.31 bits per heavy atom. The molecule has 2 rings (SSSR count). The summed E-state index contributed by atoms with van der Waals surface area (Å²) in [5, 5.41) is 9.85. The Morgan fingerprint density at radius 1 is 1.44 bits per heavy atom. The molecule has 84 valence electrons. The summed E-state index contributed by atoms with van der Waals surface area (Å²) in [6.07, 6.45) is 6.44. The van der Waals surface area contributed by atoms with Gasteiger partial charge in [0.2, 0.25) is 0 Å². The molecule has 0 bridgehead atoms. The molecule has 0 fully saturated rings. The minimum Gasteiger partial charge on any atom is -0.306 e. The van der Waals surface area contributed by atoms with E-state index in [-0.39, 0.29) is 11.9 Å². The van der Waals surface area contributed by atoms with Crippen molar-refractivity contribution in [3.05, 3.63) is 47.8 Å². The monoisotopic (exact) mass is 220 g/mol. The predicted molar refractivity (Wildman–Crippen MR) is 58.0 cm³/mol. The second kappa shape index (κ2) is 4.85. The van der Waals surface area contributed by atoms with Gasteiger partial charge in [0.15, 0.2) is 0 Å². The molecule has 0 aliphatic rings. The topological polar surface area (TPSA) is 53.6 Å². The Kier molecular flexibility index (Phi) is 3.26. The van der Waals surface area contributed by atoms with Crippen molar-refractivity contribution in [2.24, 2.45) is 0 Å². The van der Waals surface area contributed by atoms with Gasteiger partial charge in [-0.25, -0.2) is 4.39 Å². The highest BCUT2D eigenvalue weighted by Gasteiger charge is 2.06. The number of hydrogen-bond acceptors (Lipinski definition) is 3. The molecule has 4 nitrogen and oxygen atoms in total. The third-order valence-corrected chi connectivity index (χ3v) is 2.39. The van der Waals surface area contributed by atoms with Crippen molar-refractivity contribution in [3.63, 3.8) is 0 Å². The van der Waals surface area contributed by atoms with Gasteiger partial charge in [-0.1, -0.05) is 0 Å². The van der Waals surface area contributed by atoms with Gasteiger partial charge in [-0.15, -0.1) is 0 Å². The second-order valence-corrected chi connectivity index (χ2v) is 3.65. The van der Waals surface area contributed by atoms with E-state index in [4.69, 9.17) is 0 Å². The van der Waals surface area contributed by atoms with Gasteiger partial charge >= 0.3 is 0 Å². The molecular formula is C11H13FN4. The highest BCUT2D eigenvalue weighted by atomic mass is 19.1. The Morgan fingerprint density at radius 3 is 3.00 bits per heavy atom. The number of hydrogen-bond donors (Lipinski definition) is 2. The number of aromatic nitrogens is 3. The fourth-order valence-corrected chi connectivity index (χ4v) is 1.43. The molecule has 1 unspecified atom stereocenters. The lowest BCUT2D eigenvalue weighted by atomic mass is 10.1. The first-order chi connectivity index (χ1) is 7.75. The van der Waals surface area contributed by atoms with Crippen LogP contribution in [0.15, 0.2) is 30.9 Å². The first-order valence-electron chi connectivity index (χ1n) is 5.07. The van der Waals surface area contributed by atoms with Crippen molar-refractivity contribution in [3.8, 4) is 0 Å². The SMILES string of the molecule is CC(NCc1cn[nH]c1)c1cncc(F)c1. The largest absolute Gasteiger partial charge is 0.306 e. The lowest BCUT2D eigenvalue weighted by molar-refractivity contribution is 0.561. The summed E-state index contributed by atoms with van der Waals surface area (Å²) in [5.41, 5.74) is 1.90. The average Bonchev–Trinajstić information content (AvgIpc) is 2.78. The second-order valence-electron chi connectivity index (χ2n) is 3.65. The smallest absolute Gasteiger partial charge is 0.141 e. The van der Waals surface area contributed by atoms with E-state index in [0.29, 0.717) is 6.54 Å². The van der Waals surface area contributed by atoms with E-state index in [9.17, 15) is 4.39 Å². The van der Waals surface area contributed by atoms with Crippen LogP contribution in [0.4, 0.5) is 4.39 Å². The molecule has 0 spiro atoms. The molecule has 0 radical (unpaired) electrons. The van der Waals surface area contributed by atoms with E-state index in [1.807, 2.05) is 13.1 Å². The number of nitrogens with zero attached hydrogens (tertiary/aromatic N) is 2. The van der Waals surface area contributed by atoms with Crippen LogP contribution in [0.3, 0.4) is 0 Å². The summed E-state index contributed by atoms with van der Waals surface area (Å²) >= 11 is 0. The van der Waals surface area contributed by atoms with Crippen LogP contribution in [0.2, 0.25) is 0 Å². The molecule has 0 aliphatic heterocycles. The molecule has 5 heteroatoms. The Hall–Kier alpha value is -1.75. The zero-order valence-corrected chi connectivity index (χ0v) is 8.94. The summed E-state index contributed by atoms with van der Waals surface area (Å²) in [7, 11) is 0. The number of aromatic amines is 1. The lowest BCUT2D eigenvalue weighted by Gasteiger charge is -2.12. The Bertz CT molecular complexity index is 441. The van der Waals surface area contributed by atoms with Gasteiger partial charge in [0.05, 0.1) is 12.4 Å². The van der Waals surface area contributed by atoms with Crippen LogP contribution in [-0.4, -0.2) is 15.2 Å². The number of rotatable bonds is 4. The quantitative estimate of drug-likeness (QED) is 0.826. The van der Waals surface area contributed by atoms with Crippen LogP contribution in [0.25, 0.3) is 0 Å². The van der Waals surface area contributed by atoms with Crippen molar-refractivity contribution < 1.29 is 4.39 Å². The lowest BCUT2D eigenvalue weighted by Crippen LogP contribution is -2.18. The van der Waals surface area contributed by atoms with E-state index in [0.717, 1.165) is 11.1 Å². The highest BCUT2D eigenvalue weighted by Crippen LogP contribution is 2.12. The number of H-pyrrole nitrogens is 1. The third-order valence-electron chi connectivity index (χ3n) is 2.39. The molecule has 16 heavy (non-hydrogen) atoms. The van der Waals surface area contributed by atoms with Gasteiger partial charge in [0.1, 0.15) is 5.82 Å². The third kappa shape index (κ3) is 2.64. The van der Waals surface area contributed by atoms with Crippen LogP contribution in [0, 0.1) is 5.82 Å². The van der Waals surface area contributed by atoms with E-state index in [1.165, 1.54) is 12.3 Å². The molecule has 0 aromatic carbocycles. The first-order valence-corrected chi connectivity index (χ1v) is 5.07. The fraction of sp³-hybridized carbons (Fsp3) is 0.273. The summed E-state index contributed by atoms with van der Waals surface area (Å²) < 4.78 is 12.9. The van der Waals surface area contributed by atoms with Gasteiger partial charge in [-0.2, -0.15) is 5.10 Å². The first kappa shape index (κ1) is 10.8. The molecule has 2 aromatic heterocycles. The Balaban J connectivity index is 1.95. The molecule has 2 heterocycles. The van der Waals surface area contributed by atoms with Crippen molar-refractivity contribution in [1.29, 1.82) is 0 Å². The maximum absolute atomic E-state index is 12.9. The standard InChI is InChI=1S/C11H13FN4/c1-8(10-2-11(12)7-13-6-10)14-3-9-4-15-16-5-9/h2,4-8,14H,3H2,1H3,(H,15,16). The number of pyridine rings is 1. The Labute approximate surface area is 92.9 Å². The van der Waals surface area contributed by atoms with Gasteiger partial charge in [-0.3, -0.25) is 10.1 Å². The highest BCUT2D eigenvalue weighted by molar-refractivity contribution is 5.14. The maximum atomic E-state index is 12.9. The summed E-state index contributed by atoms with van der Waals surface area (Å²) in [6.45, 7) is 2.66. The zero-order valence-electron chi connectivity index (χ0n) is 8.94. The number of nitrogens with one attached hydrogen (secondary N) is 2. The van der Waals surface area contributed by atoms with Gasteiger partial charge in [0.25, 0.3) is 0 Å². The minimum absolute atomic E-state index is 0.0538. The molecule has 0 aliphatic carbocycles. The average molecular weight is 220 g/mol. The van der Waals surface area contributed by atoms with Crippen molar-refractivity contribution in [1.82, 2.24) is 20.5 Å². The van der Waals surface area contributed by atoms with Crippen molar-refractivity contribution in [2.45, 2.75) is 19.5 Å². The van der Waals surface area contributed by atoms with Crippen LogP contribution >= 0.6 is 0 Å². The number of halogens is 1. The molecular weight excluding hydrogens is 207 g/mol. The van der Waals surface area contributed by atoms with E-state index in [1.54, 1.807) is 12.4 Å². The predicted octanol–water partition coefficient (Wildman–Crippen LogP) is 1.79. The maximum Gasteiger partial charge on any atom is 0.141 e. The normalized spacial score (nSPS) is 12.6. The van der Waals surface area contributed by atoms with Crippen LogP contribution in [0.5, 0.6) is 0 Å². The van der Waals surface area contributed by atoms with Crippen molar-refractivity contribution in [2.75, 3.05) is 0 Å². The molecule has 1 atom stereocenters. The van der Waals surface area contributed by atoms with Gasteiger partial charge in [-0.05, 0) is 18.6 Å². The molecule has 0 saturated carbocycles.